The number of tetrazole rings is 1. The Kier molecular flexibility index (Phi) is 10.9. The van der Waals surface area contributed by atoms with Gasteiger partial charge in [-0.2, -0.15) is 0 Å². The summed E-state index contributed by atoms with van der Waals surface area (Å²) in [6, 6.07) is 8.37. The number of hydrogen-bond donors (Lipinski definition) is 1. The van der Waals surface area contributed by atoms with E-state index in [1.54, 1.807) is 34.6 Å². The molecular formula is C33H40ClN11O3S. The van der Waals surface area contributed by atoms with E-state index in [1.165, 1.54) is 0 Å². The molecule has 14 nitrogen and oxygen atoms in total. The lowest BCUT2D eigenvalue weighted by molar-refractivity contribution is 0.00503. The Morgan fingerprint density at radius 1 is 1.08 bits per heavy atom. The van der Waals surface area contributed by atoms with Gasteiger partial charge in [0.25, 0.3) is 5.88 Å². The Hall–Kier alpha value is -4.18. The molecule has 0 radical (unpaired) electrons. The highest BCUT2D eigenvalue weighted by molar-refractivity contribution is 7.09. The molecule has 49 heavy (non-hydrogen) atoms. The summed E-state index contributed by atoms with van der Waals surface area (Å²) in [6.45, 7) is 6.64. The number of nitrogens with one attached hydrogen (secondary N) is 1. The molecule has 0 bridgehead atoms. The highest BCUT2D eigenvalue weighted by Crippen LogP contribution is 2.35. The van der Waals surface area contributed by atoms with Gasteiger partial charge in [0.05, 0.1) is 54.3 Å². The van der Waals surface area contributed by atoms with E-state index < -0.39 is 0 Å². The summed E-state index contributed by atoms with van der Waals surface area (Å²) in [5, 5.41) is 23.2. The second kappa shape index (κ2) is 16.0. The highest BCUT2D eigenvalue weighted by Gasteiger charge is 2.29. The topological polar surface area (TPSA) is 143 Å². The van der Waals surface area contributed by atoms with Crippen LogP contribution in [0.25, 0.3) is 11.3 Å². The van der Waals surface area contributed by atoms with Gasteiger partial charge >= 0.3 is 0 Å². The first kappa shape index (κ1) is 33.3. The van der Waals surface area contributed by atoms with Gasteiger partial charge in [-0.25, -0.2) is 19.6 Å². The Bertz CT molecular complexity index is 1760. The minimum atomic E-state index is -0.218. The normalized spacial score (nSPS) is 19.1. The number of aryl methyl sites for hydroxylation is 1. The molecule has 1 aliphatic heterocycles. The average molecular weight is 706 g/mol. The third kappa shape index (κ3) is 8.71. The number of halogens is 1. The molecule has 1 atom stereocenters. The number of hydrogen-bond acceptors (Lipinski definition) is 13. The second-order valence-electron chi connectivity index (χ2n) is 12.3. The van der Waals surface area contributed by atoms with Gasteiger partial charge < -0.3 is 19.5 Å². The molecular weight excluding hydrogens is 666 g/mol. The molecule has 2 aliphatic rings. The molecule has 16 heteroatoms. The fraction of sp³-hybridized carbons (Fsp3) is 0.485. The van der Waals surface area contributed by atoms with E-state index in [9.17, 15) is 0 Å². The molecule has 0 amide bonds. The number of thiazole rings is 1. The number of rotatable bonds is 14. The maximum atomic E-state index is 6.51. The zero-order chi connectivity index (χ0) is 33.4. The van der Waals surface area contributed by atoms with Gasteiger partial charge in [-0.05, 0) is 67.7 Å². The lowest BCUT2D eigenvalue weighted by atomic mass is 9.90. The zero-order valence-corrected chi connectivity index (χ0v) is 29.0. The van der Waals surface area contributed by atoms with Crippen LogP contribution < -0.4 is 14.8 Å². The van der Waals surface area contributed by atoms with E-state index in [-0.39, 0.29) is 6.10 Å². The van der Waals surface area contributed by atoms with Crippen molar-refractivity contribution in [3.63, 3.8) is 0 Å². The molecule has 4 aromatic heterocycles. The Morgan fingerprint density at radius 2 is 1.94 bits per heavy atom. The summed E-state index contributed by atoms with van der Waals surface area (Å²) >= 11 is 8.17. The van der Waals surface area contributed by atoms with E-state index in [0.717, 1.165) is 81.1 Å². The molecule has 1 N–H and O–H groups in total. The van der Waals surface area contributed by atoms with Gasteiger partial charge in [0, 0.05) is 48.9 Å². The number of benzene rings is 1. The second-order valence-corrected chi connectivity index (χ2v) is 13.7. The van der Waals surface area contributed by atoms with Crippen molar-refractivity contribution in [2.75, 3.05) is 38.2 Å². The third-order valence-electron chi connectivity index (χ3n) is 8.85. The fourth-order valence-electron chi connectivity index (χ4n) is 6.39. The maximum absolute atomic E-state index is 6.51. The Morgan fingerprint density at radius 3 is 2.73 bits per heavy atom. The van der Waals surface area contributed by atoms with Crippen molar-refractivity contribution in [1.29, 1.82) is 0 Å². The van der Waals surface area contributed by atoms with Crippen LogP contribution in [0.2, 0.25) is 5.02 Å². The van der Waals surface area contributed by atoms with Crippen LogP contribution in [-0.4, -0.2) is 94.9 Å². The van der Waals surface area contributed by atoms with Gasteiger partial charge in [-0.3, -0.25) is 9.58 Å². The molecule has 1 saturated heterocycles. The first-order valence-corrected chi connectivity index (χ1v) is 18.0. The molecule has 1 saturated carbocycles. The van der Waals surface area contributed by atoms with Gasteiger partial charge in [0.15, 0.2) is 0 Å². The van der Waals surface area contributed by atoms with E-state index >= 15 is 0 Å². The molecule has 5 aromatic rings. The third-order valence-corrected chi connectivity index (χ3v) is 10.0. The number of anilines is 2. The minimum Gasteiger partial charge on any atom is -0.487 e. The lowest BCUT2D eigenvalue weighted by Gasteiger charge is -2.38. The SMILES string of the molecule is C[C@@H](Cn1cnnn1)Oc1cc(-c2ccnc(Nc3cn(C4CCC(N5CCOCC5)CC4)nc3OCCCc3nccs3)n2)ccc1Cl. The van der Waals surface area contributed by atoms with Crippen molar-refractivity contribution in [2.24, 2.45) is 0 Å². The molecule has 1 aromatic carbocycles. The van der Waals surface area contributed by atoms with Crippen molar-refractivity contribution >= 4 is 34.6 Å². The Balaban J connectivity index is 1.05. The summed E-state index contributed by atoms with van der Waals surface area (Å²) in [7, 11) is 0. The van der Waals surface area contributed by atoms with Gasteiger partial charge in [0.2, 0.25) is 5.95 Å². The molecule has 0 unspecified atom stereocenters. The van der Waals surface area contributed by atoms with Crippen molar-refractivity contribution in [2.45, 2.75) is 70.2 Å². The predicted octanol–water partition coefficient (Wildman–Crippen LogP) is 5.48. The fourth-order valence-corrected chi connectivity index (χ4v) is 7.21. The molecule has 2 fully saturated rings. The van der Waals surface area contributed by atoms with Gasteiger partial charge in [-0.1, -0.05) is 17.7 Å². The van der Waals surface area contributed by atoms with Gasteiger partial charge in [0.1, 0.15) is 23.9 Å². The smallest absolute Gasteiger partial charge is 0.256 e. The van der Waals surface area contributed by atoms with Crippen molar-refractivity contribution in [1.82, 2.24) is 49.8 Å². The van der Waals surface area contributed by atoms with Gasteiger partial charge in [-0.15, -0.1) is 21.5 Å². The maximum Gasteiger partial charge on any atom is 0.256 e. The van der Waals surface area contributed by atoms with Crippen LogP contribution in [0, 0.1) is 0 Å². The summed E-state index contributed by atoms with van der Waals surface area (Å²) in [5.74, 6) is 1.53. The van der Waals surface area contributed by atoms with E-state index in [0.29, 0.717) is 53.5 Å². The first-order valence-electron chi connectivity index (χ1n) is 16.8. The summed E-state index contributed by atoms with van der Waals surface area (Å²) in [5.41, 5.74) is 2.29. The van der Waals surface area contributed by atoms with Crippen LogP contribution in [0.15, 0.2) is 54.6 Å². The molecule has 7 rings (SSSR count). The van der Waals surface area contributed by atoms with Crippen LogP contribution in [0.5, 0.6) is 11.6 Å². The molecule has 1 aliphatic carbocycles. The minimum absolute atomic E-state index is 0.218. The quantitative estimate of drug-likeness (QED) is 0.146. The molecule has 258 valence electrons. The monoisotopic (exact) mass is 705 g/mol. The zero-order valence-electron chi connectivity index (χ0n) is 27.4. The lowest BCUT2D eigenvalue weighted by Crippen LogP contribution is -2.45. The van der Waals surface area contributed by atoms with Crippen LogP contribution >= 0.6 is 22.9 Å². The molecule has 5 heterocycles. The predicted molar refractivity (Wildman–Crippen MR) is 186 cm³/mol. The van der Waals surface area contributed by atoms with E-state index in [4.69, 9.17) is 35.9 Å². The first-order chi connectivity index (χ1) is 24.1. The highest BCUT2D eigenvalue weighted by atomic mass is 35.5. The number of aromatic nitrogens is 9. The van der Waals surface area contributed by atoms with Crippen molar-refractivity contribution in [3.05, 3.63) is 64.6 Å². The number of ether oxygens (including phenoxy) is 3. The summed E-state index contributed by atoms with van der Waals surface area (Å²) in [4.78, 5) is 16.3. The summed E-state index contributed by atoms with van der Waals surface area (Å²) in [6.07, 6.45) is 13.0. The van der Waals surface area contributed by atoms with E-state index in [1.807, 2.05) is 42.9 Å². The van der Waals surface area contributed by atoms with Crippen LogP contribution in [0.3, 0.4) is 0 Å². The largest absolute Gasteiger partial charge is 0.487 e. The Labute approximate surface area is 293 Å². The van der Waals surface area contributed by atoms with Crippen molar-refractivity contribution < 1.29 is 14.2 Å². The molecule has 0 spiro atoms. The van der Waals surface area contributed by atoms with Crippen LogP contribution in [0.1, 0.15) is 50.1 Å². The average Bonchev–Trinajstić information content (AvgIpc) is 3.92. The van der Waals surface area contributed by atoms with Crippen molar-refractivity contribution in [3.8, 4) is 22.9 Å². The number of morpholine rings is 1. The van der Waals surface area contributed by atoms with E-state index in [2.05, 4.69) is 40.4 Å². The number of nitrogens with zero attached hydrogens (tertiary/aromatic N) is 10. The van der Waals surface area contributed by atoms with Crippen LogP contribution in [-0.2, 0) is 17.7 Å². The van der Waals surface area contributed by atoms with Crippen LogP contribution in [0.4, 0.5) is 11.6 Å². The summed E-state index contributed by atoms with van der Waals surface area (Å²) < 4.78 is 21.7. The standard InChI is InChI=1S/C33H40ClN11O3S/c1-23(20-44-22-37-41-42-44)48-30-19-24(4-9-27(30)34)28-10-11-36-33(38-28)39-29-21-45(40-32(29)47-15-2-3-31-35-12-18-49-31)26-7-5-25(6-8-26)43-13-16-46-17-14-43/h4,9-12,18-19,21-23,25-26H,2-3,5-8,13-17,20H2,1H3,(H,36,38,39)/t23-,25?,26?/m0/s1.